The summed E-state index contributed by atoms with van der Waals surface area (Å²) in [6.07, 6.45) is 12.1. The van der Waals surface area contributed by atoms with Gasteiger partial charge in [-0.15, -0.1) is 0 Å². The van der Waals surface area contributed by atoms with Gasteiger partial charge in [0.1, 0.15) is 5.75 Å². The number of aromatic nitrogens is 1. The second-order valence-corrected chi connectivity index (χ2v) is 10.8. The Morgan fingerprint density at radius 3 is 2.38 bits per heavy atom. The molecule has 0 spiro atoms. The summed E-state index contributed by atoms with van der Waals surface area (Å²) in [5.41, 5.74) is 5.92. The third-order valence-corrected chi connectivity index (χ3v) is 8.22. The van der Waals surface area contributed by atoms with E-state index in [1.54, 1.807) is 14.2 Å². The van der Waals surface area contributed by atoms with Gasteiger partial charge in [0.15, 0.2) is 11.5 Å². The third kappa shape index (κ3) is 6.50. The zero-order chi connectivity index (χ0) is 27.0. The van der Waals surface area contributed by atoms with E-state index in [1.807, 2.05) is 12.4 Å². The van der Waals surface area contributed by atoms with Gasteiger partial charge in [-0.05, 0) is 105 Å². The van der Waals surface area contributed by atoms with Crippen molar-refractivity contribution in [2.45, 2.75) is 70.4 Å². The van der Waals surface area contributed by atoms with E-state index in [1.165, 1.54) is 36.1 Å². The normalized spacial score (nSPS) is 16.0. The summed E-state index contributed by atoms with van der Waals surface area (Å²) in [4.78, 5) is 7.23. The molecule has 0 amide bonds. The van der Waals surface area contributed by atoms with Crippen molar-refractivity contribution >= 4 is 5.69 Å². The van der Waals surface area contributed by atoms with Crippen LogP contribution in [-0.4, -0.2) is 44.9 Å². The molecule has 0 bridgehead atoms. The standard InChI is InChI=1S/C33H43N3O3/c1-4-5-17-39-30-11-9-28(10-12-30)36(29-13-15-34-16-14-29)23-24-18-27(22-35-21-24)26-19-31(25-7-6-8-25)33(38-3)32(20-26)37-2/h9-12,18-22,25,29,34H,4-8,13-17,23H2,1-3H3. The van der Waals surface area contributed by atoms with Crippen molar-refractivity contribution in [3.05, 3.63) is 66.0 Å². The summed E-state index contributed by atoms with van der Waals surface area (Å²) in [6.45, 7) is 5.86. The zero-order valence-electron chi connectivity index (χ0n) is 23.7. The minimum absolute atomic E-state index is 0.480. The number of anilines is 1. The number of piperidine rings is 1. The maximum atomic E-state index is 5.93. The molecule has 2 heterocycles. The van der Waals surface area contributed by atoms with Gasteiger partial charge in [-0.25, -0.2) is 0 Å². The van der Waals surface area contributed by atoms with E-state index in [2.05, 4.69) is 64.6 Å². The lowest BCUT2D eigenvalue weighted by Crippen LogP contribution is -2.43. The van der Waals surface area contributed by atoms with Crippen LogP contribution in [0, 0.1) is 0 Å². The first-order chi connectivity index (χ1) is 19.2. The predicted molar refractivity (Wildman–Crippen MR) is 158 cm³/mol. The SMILES string of the molecule is CCCCOc1ccc(N(Cc2cncc(-c3cc(OC)c(OC)c(C4CCC4)c3)c2)C2CCNCC2)cc1. The Bertz CT molecular complexity index is 1200. The lowest BCUT2D eigenvalue weighted by atomic mass is 9.78. The van der Waals surface area contributed by atoms with E-state index < -0.39 is 0 Å². The fourth-order valence-corrected chi connectivity index (χ4v) is 5.73. The predicted octanol–water partition coefficient (Wildman–Crippen LogP) is 6.97. The lowest BCUT2D eigenvalue weighted by molar-refractivity contribution is 0.309. The molecule has 3 aromatic rings. The minimum Gasteiger partial charge on any atom is -0.494 e. The van der Waals surface area contributed by atoms with E-state index in [-0.39, 0.29) is 0 Å². The van der Waals surface area contributed by atoms with Crippen LogP contribution in [0.15, 0.2) is 54.9 Å². The second kappa shape index (κ2) is 13.2. The molecule has 39 heavy (non-hydrogen) atoms. The van der Waals surface area contributed by atoms with Crippen LogP contribution in [0.2, 0.25) is 0 Å². The Morgan fingerprint density at radius 1 is 0.923 bits per heavy atom. The molecular weight excluding hydrogens is 486 g/mol. The number of benzene rings is 2. The number of hydrogen-bond donors (Lipinski definition) is 1. The van der Waals surface area contributed by atoms with Crippen LogP contribution in [0.1, 0.15) is 68.9 Å². The van der Waals surface area contributed by atoms with Gasteiger partial charge in [-0.1, -0.05) is 19.8 Å². The van der Waals surface area contributed by atoms with Gasteiger partial charge in [-0.2, -0.15) is 0 Å². The monoisotopic (exact) mass is 529 g/mol. The largest absolute Gasteiger partial charge is 0.494 e. The van der Waals surface area contributed by atoms with E-state index in [4.69, 9.17) is 14.2 Å². The first-order valence-electron chi connectivity index (χ1n) is 14.6. The molecule has 1 aliphatic heterocycles. The molecule has 1 saturated carbocycles. The molecule has 0 radical (unpaired) electrons. The fraction of sp³-hybridized carbons (Fsp3) is 0.485. The van der Waals surface area contributed by atoms with Gasteiger partial charge in [-0.3, -0.25) is 4.98 Å². The van der Waals surface area contributed by atoms with Crippen molar-refractivity contribution in [3.8, 4) is 28.4 Å². The molecule has 5 rings (SSSR count). The number of rotatable bonds is 12. The number of unbranched alkanes of at least 4 members (excludes halogenated alkanes) is 1. The molecule has 0 atom stereocenters. The summed E-state index contributed by atoms with van der Waals surface area (Å²) in [6, 6.07) is 15.8. The van der Waals surface area contributed by atoms with Crippen LogP contribution < -0.4 is 24.4 Å². The van der Waals surface area contributed by atoms with Crippen LogP contribution in [0.4, 0.5) is 5.69 Å². The summed E-state index contributed by atoms with van der Waals surface area (Å²) in [7, 11) is 3.46. The first kappa shape index (κ1) is 27.3. The highest BCUT2D eigenvalue weighted by Gasteiger charge is 2.26. The van der Waals surface area contributed by atoms with Crippen LogP contribution in [0.5, 0.6) is 17.2 Å². The summed E-state index contributed by atoms with van der Waals surface area (Å²) in [5.74, 6) is 3.14. The average Bonchev–Trinajstić information content (AvgIpc) is 2.96. The van der Waals surface area contributed by atoms with Crippen molar-refractivity contribution < 1.29 is 14.2 Å². The number of ether oxygens (including phenoxy) is 3. The lowest BCUT2D eigenvalue weighted by Gasteiger charge is -2.36. The van der Waals surface area contributed by atoms with E-state index in [0.717, 1.165) is 80.3 Å². The summed E-state index contributed by atoms with van der Waals surface area (Å²) < 4.78 is 17.5. The van der Waals surface area contributed by atoms with Gasteiger partial charge in [0.25, 0.3) is 0 Å². The Kier molecular flexibility index (Phi) is 9.25. The minimum atomic E-state index is 0.480. The highest BCUT2D eigenvalue weighted by atomic mass is 16.5. The fourth-order valence-electron chi connectivity index (χ4n) is 5.73. The molecule has 1 aliphatic carbocycles. The first-order valence-corrected chi connectivity index (χ1v) is 14.6. The van der Waals surface area contributed by atoms with E-state index in [0.29, 0.717) is 12.0 Å². The summed E-state index contributed by atoms with van der Waals surface area (Å²) in [5, 5.41) is 3.52. The van der Waals surface area contributed by atoms with E-state index in [9.17, 15) is 0 Å². The van der Waals surface area contributed by atoms with Crippen LogP contribution in [0.3, 0.4) is 0 Å². The summed E-state index contributed by atoms with van der Waals surface area (Å²) >= 11 is 0. The second-order valence-electron chi connectivity index (χ2n) is 10.8. The van der Waals surface area contributed by atoms with Crippen molar-refractivity contribution in [2.75, 3.05) is 38.8 Å². The van der Waals surface area contributed by atoms with Gasteiger partial charge in [0.2, 0.25) is 0 Å². The molecule has 208 valence electrons. The van der Waals surface area contributed by atoms with Gasteiger partial charge < -0.3 is 24.4 Å². The maximum absolute atomic E-state index is 5.93. The number of methoxy groups -OCH3 is 2. The molecule has 2 aliphatic rings. The number of nitrogens with zero attached hydrogens (tertiary/aromatic N) is 2. The smallest absolute Gasteiger partial charge is 0.164 e. The zero-order valence-corrected chi connectivity index (χ0v) is 23.7. The highest BCUT2D eigenvalue weighted by molar-refractivity contribution is 5.70. The molecule has 0 unspecified atom stereocenters. The molecule has 2 fully saturated rings. The number of hydrogen-bond acceptors (Lipinski definition) is 6. The molecule has 1 N–H and O–H groups in total. The van der Waals surface area contributed by atoms with Crippen molar-refractivity contribution in [2.24, 2.45) is 0 Å². The highest BCUT2D eigenvalue weighted by Crippen LogP contribution is 2.46. The average molecular weight is 530 g/mol. The van der Waals surface area contributed by atoms with E-state index >= 15 is 0 Å². The van der Waals surface area contributed by atoms with Gasteiger partial charge in [0, 0.05) is 41.8 Å². The molecule has 6 nitrogen and oxygen atoms in total. The van der Waals surface area contributed by atoms with Crippen molar-refractivity contribution in [3.63, 3.8) is 0 Å². The Labute approximate surface area is 233 Å². The Hall–Kier alpha value is -3.25. The van der Waals surface area contributed by atoms with Gasteiger partial charge in [0.05, 0.1) is 20.8 Å². The number of pyridine rings is 1. The maximum Gasteiger partial charge on any atom is 0.164 e. The van der Waals surface area contributed by atoms with Crippen LogP contribution in [0.25, 0.3) is 11.1 Å². The van der Waals surface area contributed by atoms with Crippen LogP contribution >= 0.6 is 0 Å². The quantitative estimate of drug-likeness (QED) is 0.256. The molecule has 6 heteroatoms. The molecule has 1 saturated heterocycles. The van der Waals surface area contributed by atoms with Crippen molar-refractivity contribution in [1.29, 1.82) is 0 Å². The van der Waals surface area contributed by atoms with Gasteiger partial charge >= 0.3 is 0 Å². The molecule has 2 aromatic carbocycles. The molecule has 1 aromatic heterocycles. The number of nitrogens with one attached hydrogen (secondary N) is 1. The van der Waals surface area contributed by atoms with Crippen LogP contribution in [-0.2, 0) is 6.54 Å². The molecular formula is C33H43N3O3. The third-order valence-electron chi connectivity index (χ3n) is 8.22. The topological polar surface area (TPSA) is 55.9 Å². The Balaban J connectivity index is 1.42. The Morgan fingerprint density at radius 2 is 1.72 bits per heavy atom. The van der Waals surface area contributed by atoms with Crippen molar-refractivity contribution in [1.82, 2.24) is 10.3 Å².